The highest BCUT2D eigenvalue weighted by molar-refractivity contribution is 7.92. The molecule has 0 saturated heterocycles. The first-order valence-corrected chi connectivity index (χ1v) is 9.73. The minimum atomic E-state index is -3.41. The molecule has 6 nitrogen and oxygen atoms in total. The van der Waals surface area contributed by atoms with E-state index in [9.17, 15) is 13.2 Å². The SMILES string of the molecule is CC(C)c1nccn1Cc1cccc(NC(=O)[C@H](C)S(C)(=O)=O)c1. The van der Waals surface area contributed by atoms with Crippen LogP contribution in [0.25, 0.3) is 0 Å². The molecule has 0 bridgehead atoms. The largest absolute Gasteiger partial charge is 0.330 e. The number of hydrogen-bond donors (Lipinski definition) is 1. The summed E-state index contributed by atoms with van der Waals surface area (Å²) in [7, 11) is -3.41. The molecule has 0 aliphatic heterocycles. The van der Waals surface area contributed by atoms with Gasteiger partial charge in [-0.3, -0.25) is 4.79 Å². The van der Waals surface area contributed by atoms with E-state index in [0.717, 1.165) is 17.6 Å². The highest BCUT2D eigenvalue weighted by atomic mass is 32.2. The number of nitrogens with one attached hydrogen (secondary N) is 1. The van der Waals surface area contributed by atoms with Gasteiger partial charge >= 0.3 is 0 Å². The quantitative estimate of drug-likeness (QED) is 0.868. The predicted octanol–water partition coefficient (Wildman–Crippen LogP) is 2.43. The molecule has 0 aliphatic carbocycles. The third kappa shape index (κ3) is 4.44. The lowest BCUT2D eigenvalue weighted by molar-refractivity contribution is -0.115. The number of aromatic nitrogens is 2. The van der Waals surface area contributed by atoms with Crippen molar-refractivity contribution in [2.24, 2.45) is 0 Å². The van der Waals surface area contributed by atoms with Crippen molar-refractivity contribution in [1.29, 1.82) is 0 Å². The summed E-state index contributed by atoms with van der Waals surface area (Å²) in [6.45, 7) is 6.19. The van der Waals surface area contributed by atoms with E-state index in [1.54, 1.807) is 12.3 Å². The average Bonchev–Trinajstić information content (AvgIpc) is 2.94. The number of amides is 1. The van der Waals surface area contributed by atoms with Gasteiger partial charge in [0, 0.05) is 36.8 Å². The second kappa shape index (κ2) is 7.17. The van der Waals surface area contributed by atoms with Gasteiger partial charge in [0.2, 0.25) is 5.91 Å². The molecule has 1 N–H and O–H groups in total. The first-order chi connectivity index (χ1) is 11.2. The van der Waals surface area contributed by atoms with Gasteiger partial charge in [-0.1, -0.05) is 26.0 Å². The van der Waals surface area contributed by atoms with E-state index >= 15 is 0 Å². The average molecular weight is 349 g/mol. The first-order valence-electron chi connectivity index (χ1n) is 7.78. The zero-order valence-electron chi connectivity index (χ0n) is 14.4. The molecule has 0 aliphatic rings. The van der Waals surface area contributed by atoms with Gasteiger partial charge in [0.15, 0.2) is 9.84 Å². The van der Waals surface area contributed by atoms with Crippen LogP contribution in [0.3, 0.4) is 0 Å². The van der Waals surface area contributed by atoms with Crippen LogP contribution >= 0.6 is 0 Å². The lowest BCUT2D eigenvalue weighted by Crippen LogP contribution is -2.31. The summed E-state index contributed by atoms with van der Waals surface area (Å²) >= 11 is 0. The van der Waals surface area contributed by atoms with E-state index in [2.05, 4.69) is 28.7 Å². The lowest BCUT2D eigenvalue weighted by atomic mass is 10.1. The Bertz CT molecular complexity index is 825. The Labute approximate surface area is 142 Å². The van der Waals surface area contributed by atoms with Crippen molar-refractivity contribution < 1.29 is 13.2 Å². The predicted molar refractivity (Wildman–Crippen MR) is 94.8 cm³/mol. The Morgan fingerprint density at radius 2 is 2.00 bits per heavy atom. The number of carbonyl (C=O) groups excluding carboxylic acids is 1. The molecule has 1 amide bonds. The summed E-state index contributed by atoms with van der Waals surface area (Å²) in [5.74, 6) is 0.786. The van der Waals surface area contributed by atoms with E-state index in [4.69, 9.17) is 0 Å². The summed E-state index contributed by atoms with van der Waals surface area (Å²) in [5, 5.41) is 1.58. The Morgan fingerprint density at radius 3 is 2.62 bits per heavy atom. The Kier molecular flexibility index (Phi) is 5.43. The lowest BCUT2D eigenvalue weighted by Gasteiger charge is -2.13. The smallest absolute Gasteiger partial charge is 0.242 e. The van der Waals surface area contributed by atoms with Crippen LogP contribution in [0.2, 0.25) is 0 Å². The van der Waals surface area contributed by atoms with Crippen molar-refractivity contribution >= 4 is 21.4 Å². The number of imidazole rings is 1. The monoisotopic (exact) mass is 349 g/mol. The molecule has 0 unspecified atom stereocenters. The maximum Gasteiger partial charge on any atom is 0.242 e. The van der Waals surface area contributed by atoms with E-state index in [1.807, 2.05) is 24.4 Å². The molecule has 7 heteroatoms. The number of sulfone groups is 1. The van der Waals surface area contributed by atoms with E-state index in [-0.39, 0.29) is 0 Å². The van der Waals surface area contributed by atoms with Gasteiger partial charge in [-0.25, -0.2) is 13.4 Å². The molecular formula is C17H23N3O3S. The standard InChI is InChI=1S/C17H23N3O3S/c1-12(2)16-18-8-9-20(16)11-14-6-5-7-15(10-14)19-17(21)13(3)24(4,22)23/h5-10,12-13H,11H2,1-4H3,(H,19,21)/t13-/m0/s1. The highest BCUT2D eigenvalue weighted by Gasteiger charge is 2.23. The van der Waals surface area contributed by atoms with Crippen molar-refractivity contribution in [1.82, 2.24) is 9.55 Å². The Hall–Kier alpha value is -2.15. The van der Waals surface area contributed by atoms with Gasteiger partial charge in [0.05, 0.1) is 0 Å². The van der Waals surface area contributed by atoms with Gasteiger partial charge in [-0.2, -0.15) is 0 Å². The number of rotatable bonds is 6. The maximum atomic E-state index is 12.0. The molecule has 1 aromatic heterocycles. The summed E-state index contributed by atoms with van der Waals surface area (Å²) in [4.78, 5) is 16.4. The molecule has 2 aromatic rings. The maximum absolute atomic E-state index is 12.0. The Morgan fingerprint density at radius 1 is 1.29 bits per heavy atom. The fraction of sp³-hybridized carbons (Fsp3) is 0.412. The first kappa shape index (κ1) is 18.2. The van der Waals surface area contributed by atoms with Crippen molar-refractivity contribution in [3.63, 3.8) is 0 Å². The van der Waals surface area contributed by atoms with Crippen molar-refractivity contribution in [3.8, 4) is 0 Å². The zero-order chi connectivity index (χ0) is 17.9. The molecule has 1 aromatic carbocycles. The Balaban J connectivity index is 2.15. The van der Waals surface area contributed by atoms with Crippen LogP contribution in [0.15, 0.2) is 36.7 Å². The minimum absolute atomic E-state index is 0.318. The van der Waals surface area contributed by atoms with Crippen LogP contribution < -0.4 is 5.32 Å². The normalized spacial score (nSPS) is 13.0. The third-order valence-corrected chi connectivity index (χ3v) is 5.32. The summed E-state index contributed by atoms with van der Waals surface area (Å²) in [6.07, 6.45) is 4.75. The van der Waals surface area contributed by atoms with Crippen molar-refractivity contribution in [2.75, 3.05) is 11.6 Å². The van der Waals surface area contributed by atoms with Crippen molar-refractivity contribution in [2.45, 2.75) is 38.5 Å². The van der Waals surface area contributed by atoms with Gasteiger partial charge < -0.3 is 9.88 Å². The molecule has 1 atom stereocenters. The number of anilines is 1. The number of hydrogen-bond acceptors (Lipinski definition) is 4. The van der Waals surface area contributed by atoms with Crippen LogP contribution in [0.1, 0.15) is 38.1 Å². The van der Waals surface area contributed by atoms with Gasteiger partial charge in [0.25, 0.3) is 0 Å². The topological polar surface area (TPSA) is 81.1 Å². The van der Waals surface area contributed by atoms with Crippen LogP contribution in [0.4, 0.5) is 5.69 Å². The molecule has 0 spiro atoms. The molecule has 0 saturated carbocycles. The zero-order valence-corrected chi connectivity index (χ0v) is 15.2. The summed E-state index contributed by atoms with van der Waals surface area (Å²) < 4.78 is 25.0. The molecule has 1 heterocycles. The summed E-state index contributed by atoms with van der Waals surface area (Å²) in [5.41, 5.74) is 1.58. The molecular weight excluding hydrogens is 326 g/mol. The minimum Gasteiger partial charge on any atom is -0.330 e. The molecule has 24 heavy (non-hydrogen) atoms. The van der Waals surface area contributed by atoms with Crippen LogP contribution in [0.5, 0.6) is 0 Å². The van der Waals surface area contributed by atoms with Gasteiger partial charge in [-0.15, -0.1) is 0 Å². The molecule has 0 fully saturated rings. The fourth-order valence-electron chi connectivity index (χ4n) is 2.34. The van der Waals surface area contributed by atoms with Gasteiger partial charge in [-0.05, 0) is 24.6 Å². The molecule has 2 rings (SSSR count). The third-order valence-electron chi connectivity index (χ3n) is 3.82. The van der Waals surface area contributed by atoms with E-state index in [1.165, 1.54) is 6.92 Å². The van der Waals surface area contributed by atoms with Crippen LogP contribution in [-0.2, 0) is 21.2 Å². The van der Waals surface area contributed by atoms with E-state index in [0.29, 0.717) is 18.2 Å². The fourth-order valence-corrected chi connectivity index (χ4v) is 2.79. The number of nitrogens with zero attached hydrogens (tertiary/aromatic N) is 2. The summed E-state index contributed by atoms with van der Waals surface area (Å²) in [6, 6.07) is 7.38. The molecule has 0 radical (unpaired) electrons. The highest BCUT2D eigenvalue weighted by Crippen LogP contribution is 2.17. The molecule has 130 valence electrons. The van der Waals surface area contributed by atoms with E-state index < -0.39 is 21.0 Å². The van der Waals surface area contributed by atoms with Gasteiger partial charge in [0.1, 0.15) is 11.1 Å². The van der Waals surface area contributed by atoms with Crippen LogP contribution in [0, 0.1) is 0 Å². The number of carbonyl (C=O) groups is 1. The van der Waals surface area contributed by atoms with Crippen LogP contribution in [-0.4, -0.2) is 35.4 Å². The number of benzene rings is 1. The second-order valence-electron chi connectivity index (χ2n) is 6.23. The second-order valence-corrected chi connectivity index (χ2v) is 8.60. The van der Waals surface area contributed by atoms with Crippen molar-refractivity contribution in [3.05, 3.63) is 48.0 Å².